The summed E-state index contributed by atoms with van der Waals surface area (Å²) in [5.74, 6) is -0.616. The minimum atomic E-state index is -1.61. The lowest BCUT2D eigenvalue weighted by atomic mass is 9.99. The molecule has 0 bridgehead atoms. The number of aliphatic hydroxyl groups excluding tert-OH is 6. The summed E-state index contributed by atoms with van der Waals surface area (Å²) in [5, 5.41) is 64.7. The van der Waals surface area contributed by atoms with E-state index in [9.17, 15) is 35.4 Å². The lowest BCUT2D eigenvalue weighted by molar-refractivity contribution is -0.302. The van der Waals surface area contributed by atoms with Gasteiger partial charge >= 0.3 is 0 Å². The molecule has 0 aromatic carbocycles. The molecule has 1 fully saturated rings. The Labute approximate surface area is 386 Å². The Kier molecular flexibility index (Phi) is 40.9. The highest BCUT2D eigenvalue weighted by Gasteiger charge is 2.44. The number of hydrogen-bond acceptors (Lipinski definition) is 9. The summed E-state index contributed by atoms with van der Waals surface area (Å²) in [6.07, 6.45) is 42.9. The lowest BCUT2D eigenvalue weighted by Crippen LogP contribution is -2.60. The summed E-state index contributed by atoms with van der Waals surface area (Å²) in [5.41, 5.74) is 0. The SMILES string of the molecule is CCCCCCCCCCC/C=C/C(O)C(COC1OC(CO)C(O)C(O)C1O)NC(=O)C(O)CCCCCCCCCCCCC/C=C\CCCCCCCCCCCCCC. The van der Waals surface area contributed by atoms with Crippen molar-refractivity contribution in [3.05, 3.63) is 24.3 Å². The zero-order chi connectivity index (χ0) is 46.0. The van der Waals surface area contributed by atoms with Crippen molar-refractivity contribution in [2.75, 3.05) is 13.2 Å². The fourth-order valence-electron chi connectivity index (χ4n) is 8.51. The molecule has 372 valence electrons. The van der Waals surface area contributed by atoms with Gasteiger partial charge in [-0.15, -0.1) is 0 Å². The van der Waals surface area contributed by atoms with Crippen molar-refractivity contribution in [2.45, 2.75) is 294 Å². The number of carbonyl (C=O) groups is 1. The molecule has 0 aromatic heterocycles. The quantitative estimate of drug-likeness (QED) is 0.0232. The molecule has 0 aromatic rings. The standard InChI is InChI=1S/C53H101NO9/c1-3-5-7-9-11-13-15-16-17-18-19-20-21-22-23-24-25-26-27-28-29-30-32-34-36-38-40-42-47(57)52(61)54-45(44-62-53-51(60)50(59)49(58)48(43-55)63-53)46(56)41-39-37-35-33-31-14-12-10-8-6-4-2/h22-23,39,41,45-51,53,55-60H,3-21,24-38,40,42-44H2,1-2H3,(H,54,61)/b23-22-,41-39+. The predicted molar refractivity (Wildman–Crippen MR) is 260 cm³/mol. The van der Waals surface area contributed by atoms with Gasteiger partial charge in [0.1, 0.15) is 30.5 Å². The molecule has 0 radical (unpaired) electrons. The Morgan fingerprint density at radius 3 is 1.33 bits per heavy atom. The smallest absolute Gasteiger partial charge is 0.249 e. The molecule has 7 N–H and O–H groups in total. The van der Waals surface area contributed by atoms with Crippen LogP contribution < -0.4 is 5.32 Å². The van der Waals surface area contributed by atoms with Gasteiger partial charge in [-0.1, -0.05) is 224 Å². The molecule has 1 aliphatic heterocycles. The van der Waals surface area contributed by atoms with Gasteiger partial charge in [-0.3, -0.25) is 4.79 Å². The van der Waals surface area contributed by atoms with E-state index < -0.39 is 61.5 Å². The van der Waals surface area contributed by atoms with Crippen molar-refractivity contribution in [3.63, 3.8) is 0 Å². The third-order valence-corrected chi connectivity index (χ3v) is 12.9. The zero-order valence-electron chi connectivity index (χ0n) is 40.7. The van der Waals surface area contributed by atoms with E-state index in [-0.39, 0.29) is 6.61 Å². The highest BCUT2D eigenvalue weighted by atomic mass is 16.7. The van der Waals surface area contributed by atoms with E-state index in [1.807, 2.05) is 6.08 Å². The third-order valence-electron chi connectivity index (χ3n) is 12.9. The van der Waals surface area contributed by atoms with Crippen molar-refractivity contribution >= 4 is 5.91 Å². The summed E-state index contributed by atoms with van der Waals surface area (Å²) in [7, 11) is 0. The number of hydrogen-bond donors (Lipinski definition) is 7. The van der Waals surface area contributed by atoms with Gasteiger partial charge in [0, 0.05) is 0 Å². The fourth-order valence-corrected chi connectivity index (χ4v) is 8.51. The van der Waals surface area contributed by atoms with Crippen LogP contribution in [0.25, 0.3) is 0 Å². The van der Waals surface area contributed by atoms with E-state index in [0.29, 0.717) is 6.42 Å². The van der Waals surface area contributed by atoms with Crippen LogP contribution in [-0.4, -0.2) is 98.7 Å². The average Bonchev–Trinajstić information content (AvgIpc) is 3.28. The third kappa shape index (κ3) is 32.9. The summed E-state index contributed by atoms with van der Waals surface area (Å²) < 4.78 is 11.1. The maximum absolute atomic E-state index is 13.1. The van der Waals surface area contributed by atoms with Crippen LogP contribution in [-0.2, 0) is 14.3 Å². The Morgan fingerprint density at radius 2 is 0.921 bits per heavy atom. The molecule has 10 heteroatoms. The van der Waals surface area contributed by atoms with Crippen LogP contribution in [0.5, 0.6) is 0 Å². The molecule has 8 atom stereocenters. The summed E-state index contributed by atoms with van der Waals surface area (Å²) in [4.78, 5) is 13.1. The van der Waals surface area contributed by atoms with Crippen LogP contribution in [0.3, 0.4) is 0 Å². The Morgan fingerprint density at radius 1 is 0.540 bits per heavy atom. The number of nitrogens with one attached hydrogen (secondary N) is 1. The molecule has 10 nitrogen and oxygen atoms in total. The lowest BCUT2D eigenvalue weighted by Gasteiger charge is -2.40. The molecule has 1 saturated heterocycles. The van der Waals surface area contributed by atoms with Crippen molar-refractivity contribution < 1.29 is 44.9 Å². The summed E-state index contributed by atoms with van der Waals surface area (Å²) in [6, 6.07) is -0.977. The van der Waals surface area contributed by atoms with Gasteiger partial charge in [-0.2, -0.15) is 0 Å². The topological polar surface area (TPSA) is 169 Å². The Hall–Kier alpha value is -1.37. The first-order valence-corrected chi connectivity index (χ1v) is 26.7. The Bertz CT molecular complexity index is 1060. The maximum Gasteiger partial charge on any atom is 0.249 e. The molecular weight excluding hydrogens is 795 g/mol. The first-order valence-electron chi connectivity index (χ1n) is 26.7. The van der Waals surface area contributed by atoms with Crippen molar-refractivity contribution in [3.8, 4) is 0 Å². The van der Waals surface area contributed by atoms with E-state index >= 15 is 0 Å². The van der Waals surface area contributed by atoms with Gasteiger partial charge in [0.15, 0.2) is 6.29 Å². The molecule has 0 aliphatic carbocycles. The largest absolute Gasteiger partial charge is 0.394 e. The minimum Gasteiger partial charge on any atom is -0.394 e. The number of carbonyl (C=O) groups excluding carboxylic acids is 1. The van der Waals surface area contributed by atoms with Gasteiger partial charge in [-0.05, 0) is 44.9 Å². The zero-order valence-corrected chi connectivity index (χ0v) is 40.7. The highest BCUT2D eigenvalue weighted by molar-refractivity contribution is 5.80. The van der Waals surface area contributed by atoms with Gasteiger partial charge in [0.2, 0.25) is 5.91 Å². The van der Waals surface area contributed by atoms with Gasteiger partial charge < -0.3 is 45.4 Å². The number of amides is 1. The number of ether oxygens (including phenoxy) is 2. The molecule has 1 heterocycles. The molecule has 1 amide bonds. The number of unbranched alkanes of at least 4 members (excludes halogenated alkanes) is 32. The first kappa shape index (κ1) is 59.6. The van der Waals surface area contributed by atoms with Gasteiger partial charge in [0.25, 0.3) is 0 Å². The first-order chi connectivity index (χ1) is 30.8. The number of allylic oxidation sites excluding steroid dienone is 3. The van der Waals surface area contributed by atoms with Crippen LogP contribution in [0.2, 0.25) is 0 Å². The van der Waals surface area contributed by atoms with E-state index in [4.69, 9.17) is 9.47 Å². The molecule has 1 rings (SSSR count). The molecule has 63 heavy (non-hydrogen) atoms. The number of aliphatic hydroxyl groups is 6. The second-order valence-electron chi connectivity index (χ2n) is 18.8. The summed E-state index contributed by atoms with van der Waals surface area (Å²) >= 11 is 0. The minimum absolute atomic E-state index is 0.304. The monoisotopic (exact) mass is 896 g/mol. The Balaban J connectivity index is 2.22. The van der Waals surface area contributed by atoms with Gasteiger partial charge in [0.05, 0.1) is 25.4 Å². The molecule has 1 aliphatic rings. The predicted octanol–water partition coefficient (Wildman–Crippen LogP) is 11.2. The van der Waals surface area contributed by atoms with E-state index in [0.717, 1.165) is 44.9 Å². The van der Waals surface area contributed by atoms with E-state index in [1.54, 1.807) is 6.08 Å². The molecule has 0 saturated carbocycles. The maximum atomic E-state index is 13.1. The van der Waals surface area contributed by atoms with Crippen LogP contribution in [0.4, 0.5) is 0 Å². The molecule has 0 spiro atoms. The van der Waals surface area contributed by atoms with Crippen molar-refractivity contribution in [2.24, 2.45) is 0 Å². The van der Waals surface area contributed by atoms with E-state index in [2.05, 4.69) is 31.3 Å². The van der Waals surface area contributed by atoms with E-state index in [1.165, 1.54) is 180 Å². The summed E-state index contributed by atoms with van der Waals surface area (Å²) in [6.45, 7) is 3.61. The highest BCUT2D eigenvalue weighted by Crippen LogP contribution is 2.23. The second kappa shape index (κ2) is 43.2. The van der Waals surface area contributed by atoms with Crippen LogP contribution in [0, 0.1) is 0 Å². The molecule has 8 unspecified atom stereocenters. The molecular formula is C53H101NO9. The van der Waals surface area contributed by atoms with Crippen LogP contribution in [0.1, 0.15) is 245 Å². The average molecular weight is 896 g/mol. The second-order valence-corrected chi connectivity index (χ2v) is 18.8. The van der Waals surface area contributed by atoms with Crippen molar-refractivity contribution in [1.29, 1.82) is 0 Å². The normalized spacial score (nSPS) is 20.8. The van der Waals surface area contributed by atoms with Crippen LogP contribution >= 0.6 is 0 Å². The fraction of sp³-hybridized carbons (Fsp3) is 0.906. The van der Waals surface area contributed by atoms with Gasteiger partial charge in [-0.25, -0.2) is 0 Å². The van der Waals surface area contributed by atoms with Crippen LogP contribution in [0.15, 0.2) is 24.3 Å². The number of rotatable bonds is 45. The van der Waals surface area contributed by atoms with Crippen molar-refractivity contribution in [1.82, 2.24) is 5.32 Å².